The van der Waals surface area contributed by atoms with Crippen molar-refractivity contribution in [1.29, 1.82) is 0 Å². The Hall–Kier alpha value is -2.21. The number of ether oxygens (including phenoxy) is 1. The fourth-order valence-electron chi connectivity index (χ4n) is 2.79. The highest BCUT2D eigenvalue weighted by molar-refractivity contribution is 5.98. The van der Waals surface area contributed by atoms with Crippen molar-refractivity contribution in [3.63, 3.8) is 0 Å². The zero-order valence-electron chi connectivity index (χ0n) is 13.9. The number of carboxylic acids is 1. The van der Waals surface area contributed by atoms with Crippen LogP contribution in [-0.4, -0.2) is 53.5 Å². The van der Waals surface area contributed by atoms with Crippen molar-refractivity contribution < 1.29 is 24.2 Å². The third kappa shape index (κ3) is 4.89. The maximum Gasteiger partial charge on any atom is 0.305 e. The van der Waals surface area contributed by atoms with E-state index in [0.29, 0.717) is 18.7 Å². The summed E-state index contributed by atoms with van der Waals surface area (Å²) in [7, 11) is 0. The summed E-state index contributed by atoms with van der Waals surface area (Å²) in [5.74, 6) is -1.23. The van der Waals surface area contributed by atoms with E-state index >= 15 is 0 Å². The topological polar surface area (TPSA) is 83.9 Å². The molecule has 1 aromatic rings. The molecule has 1 aliphatic heterocycles. The molecule has 1 aliphatic rings. The molecule has 24 heavy (non-hydrogen) atoms. The molecule has 0 aromatic heterocycles. The Morgan fingerprint density at radius 1 is 1.21 bits per heavy atom. The molecule has 1 N–H and O–H groups in total. The van der Waals surface area contributed by atoms with Gasteiger partial charge >= 0.3 is 5.97 Å². The van der Waals surface area contributed by atoms with Crippen LogP contribution in [0.15, 0.2) is 24.3 Å². The van der Waals surface area contributed by atoms with E-state index in [4.69, 9.17) is 9.84 Å². The summed E-state index contributed by atoms with van der Waals surface area (Å²) in [5, 5.41) is 8.93. The maximum atomic E-state index is 12.4. The first-order chi connectivity index (χ1) is 11.5. The number of carboxylic acid groups (broad SMARTS) is 1. The van der Waals surface area contributed by atoms with E-state index in [9.17, 15) is 14.4 Å². The van der Waals surface area contributed by atoms with E-state index in [-0.39, 0.29) is 37.6 Å². The molecular weight excluding hydrogens is 310 g/mol. The fourth-order valence-corrected chi connectivity index (χ4v) is 2.79. The number of rotatable bonds is 7. The number of morpholine rings is 1. The lowest BCUT2D eigenvalue weighted by Crippen LogP contribution is -2.49. The van der Waals surface area contributed by atoms with Gasteiger partial charge in [-0.25, -0.2) is 0 Å². The number of Topliss-reactive ketones (excluding diaryl/α,β-unsaturated/α-hetero) is 1. The number of aryl methyl sites for hydroxylation is 1. The molecule has 1 atom stereocenters. The first-order valence-corrected chi connectivity index (χ1v) is 8.22. The van der Waals surface area contributed by atoms with Crippen LogP contribution in [0, 0.1) is 0 Å². The molecule has 0 aliphatic carbocycles. The number of carbonyl (C=O) groups excluding carboxylic acids is 2. The summed E-state index contributed by atoms with van der Waals surface area (Å²) in [4.78, 5) is 37.0. The molecule has 6 heteroatoms. The average molecular weight is 333 g/mol. The molecule has 1 heterocycles. The lowest BCUT2D eigenvalue weighted by atomic mass is 10.0. The molecule has 130 valence electrons. The Balaban J connectivity index is 1.90. The Morgan fingerprint density at radius 3 is 2.54 bits per heavy atom. The first-order valence-electron chi connectivity index (χ1n) is 8.22. The van der Waals surface area contributed by atoms with Crippen LogP contribution in [0.1, 0.15) is 42.1 Å². The Kier molecular flexibility index (Phi) is 6.49. The largest absolute Gasteiger partial charge is 0.481 e. The van der Waals surface area contributed by atoms with Gasteiger partial charge in [0.1, 0.15) is 0 Å². The molecule has 2 rings (SSSR count). The van der Waals surface area contributed by atoms with Gasteiger partial charge in [0, 0.05) is 24.9 Å². The molecular formula is C18H23NO5. The molecule has 1 saturated heterocycles. The third-order valence-corrected chi connectivity index (χ3v) is 4.21. The quantitative estimate of drug-likeness (QED) is 0.771. The zero-order valence-corrected chi connectivity index (χ0v) is 13.9. The number of hydrogen-bond acceptors (Lipinski definition) is 4. The average Bonchev–Trinajstić information content (AvgIpc) is 2.59. The van der Waals surface area contributed by atoms with Gasteiger partial charge in [-0.15, -0.1) is 0 Å². The van der Waals surface area contributed by atoms with Crippen molar-refractivity contribution in [3.05, 3.63) is 35.4 Å². The van der Waals surface area contributed by atoms with Crippen molar-refractivity contribution in [2.45, 2.75) is 38.6 Å². The van der Waals surface area contributed by atoms with Crippen molar-refractivity contribution >= 4 is 17.7 Å². The van der Waals surface area contributed by atoms with Gasteiger partial charge in [0.05, 0.1) is 25.7 Å². The number of nitrogens with zero attached hydrogens (tertiary/aromatic N) is 1. The van der Waals surface area contributed by atoms with Crippen molar-refractivity contribution in [1.82, 2.24) is 4.90 Å². The summed E-state index contributed by atoms with van der Waals surface area (Å²) >= 11 is 0. The predicted octanol–water partition coefficient (Wildman–Crippen LogP) is 1.91. The van der Waals surface area contributed by atoms with E-state index in [1.54, 1.807) is 12.1 Å². The van der Waals surface area contributed by atoms with Crippen molar-refractivity contribution in [2.24, 2.45) is 0 Å². The van der Waals surface area contributed by atoms with Crippen LogP contribution in [-0.2, 0) is 20.7 Å². The van der Waals surface area contributed by atoms with E-state index in [1.165, 1.54) is 4.90 Å². The van der Waals surface area contributed by atoms with E-state index in [0.717, 1.165) is 12.0 Å². The normalized spacial score (nSPS) is 17.5. The van der Waals surface area contributed by atoms with E-state index in [2.05, 4.69) is 0 Å². The smallest absolute Gasteiger partial charge is 0.305 e. The van der Waals surface area contributed by atoms with Gasteiger partial charge in [-0.2, -0.15) is 0 Å². The summed E-state index contributed by atoms with van der Waals surface area (Å²) < 4.78 is 5.26. The van der Waals surface area contributed by atoms with Gasteiger partial charge in [-0.1, -0.05) is 31.2 Å². The molecule has 0 spiro atoms. The molecule has 0 radical (unpaired) electrons. The summed E-state index contributed by atoms with van der Waals surface area (Å²) in [6.07, 6.45) is 0.985. The van der Waals surface area contributed by atoms with Gasteiger partial charge in [0.25, 0.3) is 0 Å². The van der Waals surface area contributed by atoms with Gasteiger partial charge < -0.3 is 14.7 Å². The molecule has 0 bridgehead atoms. The lowest BCUT2D eigenvalue weighted by molar-refractivity contribution is -0.146. The summed E-state index contributed by atoms with van der Waals surface area (Å²) in [5.41, 5.74) is 1.76. The predicted molar refractivity (Wildman–Crippen MR) is 88.0 cm³/mol. The number of carbonyl (C=O) groups is 3. The number of aliphatic carboxylic acids is 1. The molecule has 6 nitrogen and oxygen atoms in total. The van der Waals surface area contributed by atoms with Gasteiger partial charge in [0.2, 0.25) is 5.91 Å². The van der Waals surface area contributed by atoms with Gasteiger partial charge in [0.15, 0.2) is 5.78 Å². The maximum absolute atomic E-state index is 12.4. The second-order valence-corrected chi connectivity index (χ2v) is 5.89. The van der Waals surface area contributed by atoms with Crippen molar-refractivity contribution in [2.75, 3.05) is 19.8 Å². The first kappa shape index (κ1) is 18.1. The Bertz CT molecular complexity index is 596. The van der Waals surface area contributed by atoms with Crippen LogP contribution in [0.3, 0.4) is 0 Å². The minimum absolute atomic E-state index is 0.0750. The molecule has 1 fully saturated rings. The van der Waals surface area contributed by atoms with Crippen molar-refractivity contribution in [3.8, 4) is 0 Å². The van der Waals surface area contributed by atoms with E-state index < -0.39 is 12.0 Å². The standard InChI is InChI=1S/C18H23NO5/c1-2-13-3-5-14(6-4-13)16(20)7-8-17(21)19-9-10-24-12-15(19)11-18(22)23/h3-6,15H,2,7-12H2,1H3,(H,22,23). The van der Waals surface area contributed by atoms with Crippen LogP contribution < -0.4 is 0 Å². The highest BCUT2D eigenvalue weighted by Gasteiger charge is 2.29. The van der Waals surface area contributed by atoms with Crippen LogP contribution in [0.25, 0.3) is 0 Å². The summed E-state index contributed by atoms with van der Waals surface area (Å²) in [6, 6.07) is 6.95. The highest BCUT2D eigenvalue weighted by Crippen LogP contribution is 2.15. The highest BCUT2D eigenvalue weighted by atomic mass is 16.5. The monoisotopic (exact) mass is 333 g/mol. The molecule has 1 aromatic carbocycles. The van der Waals surface area contributed by atoms with E-state index in [1.807, 2.05) is 19.1 Å². The second kappa shape index (κ2) is 8.59. The van der Waals surface area contributed by atoms with Gasteiger partial charge in [-0.3, -0.25) is 14.4 Å². The van der Waals surface area contributed by atoms with Crippen LogP contribution in [0.4, 0.5) is 0 Å². The lowest BCUT2D eigenvalue weighted by Gasteiger charge is -2.34. The summed E-state index contributed by atoms with van der Waals surface area (Å²) in [6.45, 7) is 3.04. The van der Waals surface area contributed by atoms with Gasteiger partial charge in [-0.05, 0) is 12.0 Å². The van der Waals surface area contributed by atoms with Crippen LogP contribution in [0.5, 0.6) is 0 Å². The van der Waals surface area contributed by atoms with Crippen LogP contribution >= 0.6 is 0 Å². The van der Waals surface area contributed by atoms with Crippen LogP contribution in [0.2, 0.25) is 0 Å². The fraction of sp³-hybridized carbons (Fsp3) is 0.500. The zero-order chi connectivity index (χ0) is 17.5. The minimum atomic E-state index is -0.963. The molecule has 1 unspecified atom stereocenters. The number of hydrogen-bond donors (Lipinski definition) is 1. The SMILES string of the molecule is CCc1ccc(C(=O)CCC(=O)N2CCOCC2CC(=O)O)cc1. The molecule has 0 saturated carbocycles. The third-order valence-electron chi connectivity index (χ3n) is 4.21. The Labute approximate surface area is 141 Å². The molecule has 1 amide bonds. The number of ketones is 1. The minimum Gasteiger partial charge on any atom is -0.481 e. The number of benzene rings is 1. The number of amides is 1. The second-order valence-electron chi connectivity index (χ2n) is 5.89. The Morgan fingerprint density at radius 2 is 1.92 bits per heavy atom.